The average Bonchev–Trinajstić information content (AvgIpc) is 3.12. The summed E-state index contributed by atoms with van der Waals surface area (Å²) in [6.45, 7) is 2.41. The van der Waals surface area contributed by atoms with Crippen LogP contribution in [-0.4, -0.2) is 31.4 Å². The van der Waals surface area contributed by atoms with Crippen molar-refractivity contribution in [3.63, 3.8) is 0 Å². The van der Waals surface area contributed by atoms with Crippen LogP contribution in [0.3, 0.4) is 0 Å². The molecule has 140 valence electrons. The Morgan fingerprint density at radius 3 is 3.00 bits per heavy atom. The highest BCUT2D eigenvalue weighted by Crippen LogP contribution is 2.31. The fraction of sp³-hybridized carbons (Fsp3) is 0.476. The Morgan fingerprint density at radius 1 is 1.22 bits per heavy atom. The molecule has 0 spiro atoms. The van der Waals surface area contributed by atoms with Gasteiger partial charge in [-0.2, -0.15) is 0 Å². The lowest BCUT2D eigenvalue weighted by Crippen LogP contribution is -2.36. The second kappa shape index (κ2) is 6.93. The molecule has 1 aliphatic heterocycles. The maximum atomic E-state index is 12.7. The van der Waals surface area contributed by atoms with Crippen LogP contribution in [0.5, 0.6) is 0 Å². The maximum Gasteiger partial charge on any atom is 0.255 e. The van der Waals surface area contributed by atoms with Crippen LogP contribution in [0.1, 0.15) is 60.7 Å². The molecular formula is C21H25N5O. The Labute approximate surface area is 158 Å². The van der Waals surface area contributed by atoms with Crippen LogP contribution in [0.4, 0.5) is 0 Å². The Hall–Kier alpha value is -2.47. The van der Waals surface area contributed by atoms with E-state index in [1.54, 1.807) is 6.20 Å². The van der Waals surface area contributed by atoms with E-state index in [1.165, 1.54) is 24.8 Å². The third kappa shape index (κ3) is 3.18. The molecule has 27 heavy (non-hydrogen) atoms. The Balaban J connectivity index is 1.37. The smallest absolute Gasteiger partial charge is 0.255 e. The van der Waals surface area contributed by atoms with Crippen LogP contribution in [0.25, 0.3) is 11.0 Å². The molecule has 1 saturated carbocycles. The van der Waals surface area contributed by atoms with E-state index < -0.39 is 0 Å². The molecule has 3 aromatic heterocycles. The van der Waals surface area contributed by atoms with E-state index in [4.69, 9.17) is 4.98 Å². The van der Waals surface area contributed by atoms with Gasteiger partial charge in [0.2, 0.25) is 0 Å². The minimum atomic E-state index is 0.0610. The summed E-state index contributed by atoms with van der Waals surface area (Å²) in [7, 11) is 0. The van der Waals surface area contributed by atoms with Crippen molar-refractivity contribution >= 4 is 11.0 Å². The number of hydrogen-bond acceptors (Lipinski definition) is 4. The van der Waals surface area contributed by atoms with Gasteiger partial charge < -0.3 is 9.97 Å². The van der Waals surface area contributed by atoms with Gasteiger partial charge in [0, 0.05) is 49.8 Å². The Bertz CT molecular complexity index is 1010. The van der Waals surface area contributed by atoms with Gasteiger partial charge in [-0.1, -0.05) is 19.3 Å². The number of nitrogens with one attached hydrogen (secondary N) is 2. The zero-order valence-corrected chi connectivity index (χ0v) is 15.5. The average molecular weight is 363 g/mol. The second-order valence-electron chi connectivity index (χ2n) is 7.89. The molecular weight excluding hydrogens is 338 g/mol. The zero-order valence-electron chi connectivity index (χ0n) is 15.5. The molecule has 6 nitrogen and oxygen atoms in total. The molecule has 0 radical (unpaired) electrons. The second-order valence-corrected chi connectivity index (χ2v) is 7.89. The summed E-state index contributed by atoms with van der Waals surface area (Å²) < 4.78 is 0. The lowest BCUT2D eigenvalue weighted by atomic mass is 9.88. The van der Waals surface area contributed by atoms with E-state index in [2.05, 4.69) is 25.9 Å². The van der Waals surface area contributed by atoms with Crippen molar-refractivity contribution in [2.24, 2.45) is 0 Å². The molecule has 5 rings (SSSR count). The number of pyridine rings is 1. The normalized spacial score (nSPS) is 18.7. The topological polar surface area (TPSA) is 77.7 Å². The highest BCUT2D eigenvalue weighted by Gasteiger charge is 2.25. The van der Waals surface area contributed by atoms with Crippen molar-refractivity contribution in [2.75, 3.05) is 6.54 Å². The van der Waals surface area contributed by atoms with Gasteiger partial charge in [0.1, 0.15) is 11.5 Å². The van der Waals surface area contributed by atoms with Gasteiger partial charge >= 0.3 is 0 Å². The van der Waals surface area contributed by atoms with Crippen molar-refractivity contribution in [1.82, 2.24) is 24.8 Å². The first-order chi connectivity index (χ1) is 13.3. The number of hydrogen-bond donors (Lipinski definition) is 2. The molecule has 6 heteroatoms. The molecule has 3 aromatic rings. The lowest BCUT2D eigenvalue weighted by Gasteiger charge is -2.28. The molecule has 4 heterocycles. The summed E-state index contributed by atoms with van der Waals surface area (Å²) >= 11 is 0. The number of H-pyrrole nitrogens is 2. The minimum absolute atomic E-state index is 0.0610. The summed E-state index contributed by atoms with van der Waals surface area (Å²) in [5, 5.41) is 1.16. The molecule has 0 bridgehead atoms. The SMILES string of the molecule is O=c1[nH]c(C2CCCCC2)nc2c1CN(Cc1c[nH]c3ncccc13)CC2. The predicted octanol–water partition coefficient (Wildman–Crippen LogP) is 3.25. The Kier molecular flexibility index (Phi) is 4.28. The highest BCUT2D eigenvalue weighted by molar-refractivity contribution is 5.79. The van der Waals surface area contributed by atoms with E-state index >= 15 is 0 Å². The zero-order chi connectivity index (χ0) is 18.2. The molecule has 0 amide bonds. The van der Waals surface area contributed by atoms with Crippen LogP contribution < -0.4 is 5.56 Å². The first kappa shape index (κ1) is 16.7. The van der Waals surface area contributed by atoms with Crippen LogP contribution in [0, 0.1) is 0 Å². The van der Waals surface area contributed by atoms with Crippen molar-refractivity contribution in [1.29, 1.82) is 0 Å². The van der Waals surface area contributed by atoms with Gasteiger partial charge in [-0.05, 0) is 30.5 Å². The number of fused-ring (bicyclic) bond motifs is 2. The molecule has 0 saturated heterocycles. The highest BCUT2D eigenvalue weighted by atomic mass is 16.1. The lowest BCUT2D eigenvalue weighted by molar-refractivity contribution is 0.242. The molecule has 2 N–H and O–H groups in total. The largest absolute Gasteiger partial charge is 0.346 e. The number of aromatic amines is 2. The van der Waals surface area contributed by atoms with Crippen LogP contribution in [0.2, 0.25) is 0 Å². The molecule has 0 aromatic carbocycles. The van der Waals surface area contributed by atoms with Crippen LogP contribution >= 0.6 is 0 Å². The molecule has 1 aliphatic carbocycles. The third-order valence-electron chi connectivity index (χ3n) is 6.09. The number of rotatable bonds is 3. The summed E-state index contributed by atoms with van der Waals surface area (Å²) in [6.07, 6.45) is 10.8. The van der Waals surface area contributed by atoms with Gasteiger partial charge in [0.15, 0.2) is 0 Å². The summed E-state index contributed by atoms with van der Waals surface area (Å²) in [4.78, 5) is 30.7. The van der Waals surface area contributed by atoms with Gasteiger partial charge in [-0.25, -0.2) is 9.97 Å². The standard InChI is InChI=1S/C21H25N5O/c27-21-17-13-26(12-15-11-23-20-16(15)7-4-9-22-20)10-8-18(17)24-19(25-21)14-5-2-1-3-6-14/h4,7,9,11,14H,1-3,5-6,8,10,12-13H2,(H,22,23)(H,24,25,27). The number of nitrogens with zero attached hydrogens (tertiary/aromatic N) is 3. The number of aromatic nitrogens is 4. The summed E-state index contributed by atoms with van der Waals surface area (Å²) in [5.41, 5.74) is 4.06. The van der Waals surface area contributed by atoms with E-state index in [0.29, 0.717) is 12.5 Å². The molecule has 1 fully saturated rings. The molecule has 0 unspecified atom stereocenters. The van der Waals surface area contributed by atoms with E-state index in [9.17, 15) is 4.79 Å². The van der Waals surface area contributed by atoms with Gasteiger partial charge in [0.05, 0.1) is 11.3 Å². The van der Waals surface area contributed by atoms with Gasteiger partial charge in [0.25, 0.3) is 5.56 Å². The van der Waals surface area contributed by atoms with Crippen molar-refractivity contribution in [2.45, 2.75) is 57.5 Å². The van der Waals surface area contributed by atoms with Gasteiger partial charge in [-0.15, -0.1) is 0 Å². The predicted molar refractivity (Wildman–Crippen MR) is 105 cm³/mol. The molecule has 0 atom stereocenters. The van der Waals surface area contributed by atoms with Crippen molar-refractivity contribution < 1.29 is 0 Å². The van der Waals surface area contributed by atoms with E-state index in [0.717, 1.165) is 60.5 Å². The van der Waals surface area contributed by atoms with Gasteiger partial charge in [-0.3, -0.25) is 9.69 Å². The monoisotopic (exact) mass is 363 g/mol. The molecule has 2 aliphatic rings. The van der Waals surface area contributed by atoms with Crippen LogP contribution in [-0.2, 0) is 19.5 Å². The van der Waals surface area contributed by atoms with Crippen molar-refractivity contribution in [3.05, 3.63) is 57.5 Å². The summed E-state index contributed by atoms with van der Waals surface area (Å²) in [5.74, 6) is 1.36. The minimum Gasteiger partial charge on any atom is -0.346 e. The quantitative estimate of drug-likeness (QED) is 0.749. The fourth-order valence-corrected chi connectivity index (χ4v) is 4.59. The Morgan fingerprint density at radius 2 is 2.11 bits per heavy atom. The van der Waals surface area contributed by atoms with Crippen molar-refractivity contribution in [3.8, 4) is 0 Å². The van der Waals surface area contributed by atoms with E-state index in [1.807, 2.05) is 12.3 Å². The first-order valence-corrected chi connectivity index (χ1v) is 10.0. The maximum absolute atomic E-state index is 12.7. The van der Waals surface area contributed by atoms with E-state index in [-0.39, 0.29) is 5.56 Å². The van der Waals surface area contributed by atoms with Crippen LogP contribution in [0.15, 0.2) is 29.3 Å². The third-order valence-corrected chi connectivity index (χ3v) is 6.09. The first-order valence-electron chi connectivity index (χ1n) is 10.0. The fourth-order valence-electron chi connectivity index (χ4n) is 4.59. The summed E-state index contributed by atoms with van der Waals surface area (Å²) in [6, 6.07) is 4.06.